The molecule has 0 saturated heterocycles. The van der Waals surface area contributed by atoms with Gasteiger partial charge >= 0.3 is 11.9 Å². The molecule has 0 spiro atoms. The molecule has 1 unspecified atom stereocenters. The van der Waals surface area contributed by atoms with Gasteiger partial charge in [-0.1, -0.05) is 6.08 Å². The Labute approximate surface area is 85.6 Å². The summed E-state index contributed by atoms with van der Waals surface area (Å²) in [5.74, 6) is -2.38. The quantitative estimate of drug-likeness (QED) is 0.594. The molecule has 0 amide bonds. The van der Waals surface area contributed by atoms with Crippen molar-refractivity contribution in [1.29, 1.82) is 0 Å². The molecule has 4 N–H and O–H groups in total. The number of ether oxygens (including phenoxy) is 1. The van der Waals surface area contributed by atoms with E-state index in [-0.39, 0.29) is 17.7 Å². The van der Waals surface area contributed by atoms with Crippen molar-refractivity contribution in [1.82, 2.24) is 0 Å². The highest BCUT2D eigenvalue weighted by atomic mass is 16.5. The van der Waals surface area contributed by atoms with Crippen LogP contribution in [-0.4, -0.2) is 34.9 Å². The molecule has 0 fully saturated rings. The lowest BCUT2D eigenvalue weighted by atomic mass is 9.90. The summed E-state index contributed by atoms with van der Waals surface area (Å²) in [5.41, 5.74) is 3.69. The summed E-state index contributed by atoms with van der Waals surface area (Å²) in [4.78, 5) is 21.6. The first kappa shape index (κ1) is 11.3. The topological polar surface area (TPSA) is 110 Å². The molecule has 1 aliphatic carbocycles. The Bertz CT molecular complexity index is 371. The molecular formula is C9H11NO5. The predicted molar refractivity (Wildman–Crippen MR) is 50.0 cm³/mol. The van der Waals surface area contributed by atoms with Crippen LogP contribution in [0.2, 0.25) is 0 Å². The van der Waals surface area contributed by atoms with Crippen LogP contribution in [0.5, 0.6) is 0 Å². The summed E-state index contributed by atoms with van der Waals surface area (Å²) in [6.07, 6.45) is 2.30. The molecule has 1 atom stereocenters. The number of nitrogens with two attached hydrogens (primary N) is 1. The van der Waals surface area contributed by atoms with E-state index < -0.39 is 17.5 Å². The summed E-state index contributed by atoms with van der Waals surface area (Å²) in [6.45, 7) is 0. The average Bonchev–Trinajstić information content (AvgIpc) is 2.16. The van der Waals surface area contributed by atoms with Gasteiger partial charge in [0.25, 0.3) is 0 Å². The minimum Gasteiger partial charge on any atom is -0.479 e. The van der Waals surface area contributed by atoms with Gasteiger partial charge in [0.15, 0.2) is 5.60 Å². The summed E-state index contributed by atoms with van der Waals surface area (Å²) in [7, 11) is 1.23. The maximum absolute atomic E-state index is 10.9. The third-order valence-electron chi connectivity index (χ3n) is 2.27. The smallest absolute Gasteiger partial charge is 0.340 e. The van der Waals surface area contributed by atoms with Gasteiger partial charge in [-0.25, -0.2) is 9.59 Å². The SMILES string of the molecule is COC1(C(=O)O)C=C(N)C(C(=O)O)=CC1. The van der Waals surface area contributed by atoms with E-state index in [1.165, 1.54) is 13.2 Å². The van der Waals surface area contributed by atoms with E-state index in [1.807, 2.05) is 0 Å². The van der Waals surface area contributed by atoms with Crippen LogP contribution in [-0.2, 0) is 14.3 Å². The van der Waals surface area contributed by atoms with Gasteiger partial charge in [0, 0.05) is 19.2 Å². The van der Waals surface area contributed by atoms with Crippen LogP contribution in [0.4, 0.5) is 0 Å². The van der Waals surface area contributed by atoms with Gasteiger partial charge in [-0.15, -0.1) is 0 Å². The van der Waals surface area contributed by atoms with Gasteiger partial charge in [-0.3, -0.25) is 0 Å². The zero-order valence-corrected chi connectivity index (χ0v) is 8.06. The van der Waals surface area contributed by atoms with E-state index in [0.717, 1.165) is 6.08 Å². The van der Waals surface area contributed by atoms with Crippen molar-refractivity contribution < 1.29 is 24.5 Å². The molecule has 1 rings (SSSR count). The van der Waals surface area contributed by atoms with Gasteiger partial charge in [-0.05, 0) is 6.08 Å². The van der Waals surface area contributed by atoms with Crippen molar-refractivity contribution in [3.8, 4) is 0 Å². The van der Waals surface area contributed by atoms with Gasteiger partial charge in [-0.2, -0.15) is 0 Å². The molecule has 0 saturated carbocycles. The van der Waals surface area contributed by atoms with Crippen molar-refractivity contribution in [3.63, 3.8) is 0 Å². The van der Waals surface area contributed by atoms with Crippen LogP contribution in [0, 0.1) is 0 Å². The largest absolute Gasteiger partial charge is 0.479 e. The molecule has 15 heavy (non-hydrogen) atoms. The average molecular weight is 213 g/mol. The van der Waals surface area contributed by atoms with E-state index in [0.29, 0.717) is 0 Å². The van der Waals surface area contributed by atoms with Gasteiger partial charge in [0.05, 0.1) is 5.57 Å². The van der Waals surface area contributed by atoms with E-state index in [9.17, 15) is 9.59 Å². The number of carboxylic acids is 2. The Morgan fingerprint density at radius 1 is 1.53 bits per heavy atom. The van der Waals surface area contributed by atoms with Crippen LogP contribution in [0.25, 0.3) is 0 Å². The van der Waals surface area contributed by atoms with Gasteiger partial charge in [0.2, 0.25) is 0 Å². The third kappa shape index (κ3) is 1.84. The molecule has 0 radical (unpaired) electrons. The van der Waals surface area contributed by atoms with E-state index in [4.69, 9.17) is 20.7 Å². The second-order valence-corrected chi connectivity index (χ2v) is 3.13. The first-order chi connectivity index (χ1) is 6.93. The fraction of sp³-hybridized carbons (Fsp3) is 0.333. The van der Waals surface area contributed by atoms with Crippen LogP contribution < -0.4 is 5.73 Å². The lowest BCUT2D eigenvalue weighted by Gasteiger charge is -2.27. The number of carbonyl (C=O) groups is 2. The fourth-order valence-electron chi connectivity index (χ4n) is 1.35. The van der Waals surface area contributed by atoms with E-state index in [2.05, 4.69) is 0 Å². The van der Waals surface area contributed by atoms with Crippen molar-refractivity contribution in [2.45, 2.75) is 12.0 Å². The van der Waals surface area contributed by atoms with Crippen LogP contribution in [0.15, 0.2) is 23.4 Å². The number of carboxylic acid groups (broad SMARTS) is 2. The maximum atomic E-state index is 10.9. The summed E-state index contributed by atoms with van der Waals surface area (Å²) >= 11 is 0. The highest BCUT2D eigenvalue weighted by Gasteiger charge is 2.39. The van der Waals surface area contributed by atoms with Crippen molar-refractivity contribution >= 4 is 11.9 Å². The number of methoxy groups -OCH3 is 1. The molecule has 0 aliphatic heterocycles. The van der Waals surface area contributed by atoms with Crippen LogP contribution in [0.3, 0.4) is 0 Å². The summed E-state index contributed by atoms with van der Waals surface area (Å²) in [5, 5.41) is 17.6. The highest BCUT2D eigenvalue weighted by molar-refractivity contribution is 5.93. The Hall–Kier alpha value is -1.82. The number of hydrogen-bond donors (Lipinski definition) is 3. The van der Waals surface area contributed by atoms with E-state index >= 15 is 0 Å². The second kappa shape index (κ2) is 3.74. The fourth-order valence-corrected chi connectivity index (χ4v) is 1.35. The summed E-state index contributed by atoms with van der Waals surface area (Å²) in [6, 6.07) is 0. The molecular weight excluding hydrogens is 202 g/mol. The minimum absolute atomic E-state index is 0.0544. The van der Waals surface area contributed by atoms with E-state index in [1.54, 1.807) is 0 Å². The lowest BCUT2D eigenvalue weighted by Crippen LogP contribution is -2.41. The molecule has 0 heterocycles. The molecule has 6 heteroatoms. The Morgan fingerprint density at radius 2 is 2.13 bits per heavy atom. The van der Waals surface area contributed by atoms with Gasteiger partial charge in [0.1, 0.15) is 0 Å². The molecule has 0 aromatic heterocycles. The first-order valence-corrected chi connectivity index (χ1v) is 4.13. The first-order valence-electron chi connectivity index (χ1n) is 4.13. The molecule has 82 valence electrons. The van der Waals surface area contributed by atoms with Crippen molar-refractivity contribution in [3.05, 3.63) is 23.4 Å². The monoisotopic (exact) mass is 213 g/mol. The number of rotatable bonds is 3. The molecule has 6 nitrogen and oxygen atoms in total. The Balaban J connectivity index is 3.08. The van der Waals surface area contributed by atoms with Gasteiger partial charge < -0.3 is 20.7 Å². The highest BCUT2D eigenvalue weighted by Crippen LogP contribution is 2.27. The maximum Gasteiger partial charge on any atom is 0.340 e. The molecule has 1 aliphatic rings. The standard InChI is InChI=1S/C9H11NO5/c1-15-9(8(13)14)3-2-5(7(11)12)6(10)4-9/h2,4H,3,10H2,1H3,(H,11,12)(H,13,14). The minimum atomic E-state index is -1.55. The van der Waals surface area contributed by atoms with Crippen molar-refractivity contribution in [2.24, 2.45) is 5.73 Å². The molecule has 0 bridgehead atoms. The molecule has 0 aromatic rings. The lowest BCUT2D eigenvalue weighted by molar-refractivity contribution is -0.156. The Morgan fingerprint density at radius 3 is 2.47 bits per heavy atom. The van der Waals surface area contributed by atoms with Crippen LogP contribution >= 0.6 is 0 Å². The number of aliphatic carboxylic acids is 2. The zero-order chi connectivity index (χ0) is 11.6. The summed E-state index contributed by atoms with van der Waals surface area (Å²) < 4.78 is 4.85. The normalized spacial score (nSPS) is 25.4. The second-order valence-electron chi connectivity index (χ2n) is 3.13. The van der Waals surface area contributed by atoms with Crippen molar-refractivity contribution in [2.75, 3.05) is 7.11 Å². The van der Waals surface area contributed by atoms with Crippen LogP contribution in [0.1, 0.15) is 6.42 Å². The number of hydrogen-bond acceptors (Lipinski definition) is 4. The molecule has 0 aromatic carbocycles. The Kier molecular flexibility index (Phi) is 2.81. The zero-order valence-electron chi connectivity index (χ0n) is 8.06. The predicted octanol–water partition coefficient (Wildman–Crippen LogP) is -0.286. The third-order valence-corrected chi connectivity index (χ3v) is 2.27.